The van der Waals surface area contributed by atoms with Gasteiger partial charge in [0.25, 0.3) is 5.91 Å². The first-order valence-corrected chi connectivity index (χ1v) is 13.2. The molecule has 3 rings (SSSR count). The Bertz CT molecular complexity index is 1190. The number of methoxy groups -OCH3 is 1. The summed E-state index contributed by atoms with van der Waals surface area (Å²) in [4.78, 5) is 12.6. The molecule has 180 valence electrons. The van der Waals surface area contributed by atoms with E-state index in [-0.39, 0.29) is 47.3 Å². The van der Waals surface area contributed by atoms with Crippen LogP contribution in [0.5, 0.6) is 5.75 Å². The summed E-state index contributed by atoms with van der Waals surface area (Å²) in [5.74, 6) is -0.408. The summed E-state index contributed by atoms with van der Waals surface area (Å²) in [5, 5.41) is 2.59. The highest BCUT2D eigenvalue weighted by atomic mass is 32.2. The van der Waals surface area contributed by atoms with Crippen molar-refractivity contribution in [3.63, 3.8) is 0 Å². The molecule has 0 aliphatic carbocycles. The highest BCUT2D eigenvalue weighted by molar-refractivity contribution is 7.89. The fourth-order valence-electron chi connectivity index (χ4n) is 3.21. The van der Waals surface area contributed by atoms with Gasteiger partial charge in [-0.25, -0.2) is 21.6 Å². The lowest BCUT2D eigenvalue weighted by molar-refractivity contribution is 0.0729. The summed E-state index contributed by atoms with van der Waals surface area (Å²) < 4.78 is 64.9. The molecular formula is C21H27N3O7S2. The van der Waals surface area contributed by atoms with E-state index in [4.69, 9.17) is 9.47 Å². The van der Waals surface area contributed by atoms with Gasteiger partial charge in [0.15, 0.2) is 0 Å². The van der Waals surface area contributed by atoms with Crippen molar-refractivity contribution in [2.45, 2.75) is 16.7 Å². The molecule has 0 atom stereocenters. The maximum atomic E-state index is 13.1. The van der Waals surface area contributed by atoms with Gasteiger partial charge in [-0.05, 0) is 37.3 Å². The largest absolute Gasteiger partial charge is 0.495 e. The Balaban J connectivity index is 1.65. The third kappa shape index (κ3) is 6.09. The highest BCUT2D eigenvalue weighted by Gasteiger charge is 2.30. The Morgan fingerprint density at radius 2 is 1.70 bits per heavy atom. The highest BCUT2D eigenvalue weighted by Crippen LogP contribution is 2.28. The number of carbonyl (C=O) groups is 1. The molecule has 0 aromatic heterocycles. The van der Waals surface area contributed by atoms with Crippen LogP contribution in [-0.4, -0.2) is 73.6 Å². The van der Waals surface area contributed by atoms with Crippen molar-refractivity contribution < 1.29 is 31.1 Å². The van der Waals surface area contributed by atoms with E-state index in [1.807, 2.05) is 6.92 Å². The number of carbonyl (C=O) groups excluding carboxylic acids is 1. The third-order valence-electron chi connectivity index (χ3n) is 5.05. The molecule has 10 nitrogen and oxygen atoms in total. The quantitative estimate of drug-likeness (QED) is 0.489. The first-order valence-electron chi connectivity index (χ1n) is 10.3. The van der Waals surface area contributed by atoms with Crippen LogP contribution in [0.1, 0.15) is 15.9 Å². The molecule has 12 heteroatoms. The SMILES string of the molecule is COc1ccc(C(=O)NCCNS(=O)(=O)c2ccc(C)cc2)cc1S(=O)(=O)N1CCOCC1. The second kappa shape index (κ2) is 10.6. The molecule has 2 aromatic rings. The van der Waals surface area contributed by atoms with Gasteiger partial charge in [-0.2, -0.15) is 4.31 Å². The molecule has 1 aliphatic rings. The van der Waals surface area contributed by atoms with Crippen molar-refractivity contribution in [3.8, 4) is 5.75 Å². The van der Waals surface area contributed by atoms with Crippen molar-refractivity contribution in [2.75, 3.05) is 46.5 Å². The lowest BCUT2D eigenvalue weighted by atomic mass is 10.2. The fraction of sp³-hybridized carbons (Fsp3) is 0.381. The van der Waals surface area contributed by atoms with E-state index in [0.29, 0.717) is 13.2 Å². The zero-order valence-corrected chi connectivity index (χ0v) is 20.0. The molecule has 1 aliphatic heterocycles. The molecule has 1 fully saturated rings. The van der Waals surface area contributed by atoms with Crippen molar-refractivity contribution in [1.82, 2.24) is 14.3 Å². The lowest BCUT2D eigenvalue weighted by Crippen LogP contribution is -2.40. The van der Waals surface area contributed by atoms with Crippen molar-refractivity contribution in [2.24, 2.45) is 0 Å². The van der Waals surface area contributed by atoms with E-state index in [1.54, 1.807) is 12.1 Å². The van der Waals surface area contributed by atoms with Crippen LogP contribution in [0.4, 0.5) is 0 Å². The first kappa shape index (κ1) is 25.1. The number of amides is 1. The van der Waals surface area contributed by atoms with Gasteiger partial charge in [-0.15, -0.1) is 0 Å². The van der Waals surface area contributed by atoms with E-state index in [1.165, 1.54) is 41.7 Å². The number of ether oxygens (including phenoxy) is 2. The van der Waals surface area contributed by atoms with E-state index in [2.05, 4.69) is 10.0 Å². The number of morpholine rings is 1. The van der Waals surface area contributed by atoms with Gasteiger partial charge in [0.1, 0.15) is 10.6 Å². The van der Waals surface area contributed by atoms with E-state index < -0.39 is 26.0 Å². The minimum Gasteiger partial charge on any atom is -0.495 e. The Morgan fingerprint density at radius 1 is 1.03 bits per heavy atom. The minimum atomic E-state index is -3.88. The lowest BCUT2D eigenvalue weighted by Gasteiger charge is -2.26. The number of sulfonamides is 2. The van der Waals surface area contributed by atoms with Gasteiger partial charge in [-0.1, -0.05) is 17.7 Å². The van der Waals surface area contributed by atoms with Crippen LogP contribution < -0.4 is 14.8 Å². The smallest absolute Gasteiger partial charge is 0.251 e. The zero-order chi connectivity index (χ0) is 24.1. The van der Waals surface area contributed by atoms with E-state index in [0.717, 1.165) is 5.56 Å². The second-order valence-electron chi connectivity index (χ2n) is 7.35. The van der Waals surface area contributed by atoms with Crippen molar-refractivity contribution in [3.05, 3.63) is 53.6 Å². The molecule has 1 heterocycles. The Hall–Kier alpha value is -2.51. The van der Waals surface area contributed by atoms with Gasteiger partial charge in [0.2, 0.25) is 20.0 Å². The molecule has 0 bridgehead atoms. The number of rotatable bonds is 9. The van der Waals surface area contributed by atoms with Crippen LogP contribution in [-0.2, 0) is 24.8 Å². The Morgan fingerprint density at radius 3 is 2.33 bits per heavy atom. The Labute approximate surface area is 194 Å². The van der Waals surface area contributed by atoms with Crippen LogP contribution in [0.15, 0.2) is 52.3 Å². The van der Waals surface area contributed by atoms with Crippen LogP contribution in [0, 0.1) is 6.92 Å². The van der Waals surface area contributed by atoms with E-state index >= 15 is 0 Å². The summed E-state index contributed by atoms with van der Waals surface area (Å²) in [5.41, 5.74) is 1.06. The molecule has 0 saturated carbocycles. The summed E-state index contributed by atoms with van der Waals surface area (Å²) in [6.07, 6.45) is 0. The molecule has 0 radical (unpaired) electrons. The molecule has 1 saturated heterocycles. The van der Waals surface area contributed by atoms with Gasteiger partial charge < -0.3 is 14.8 Å². The van der Waals surface area contributed by atoms with Gasteiger partial charge in [0.05, 0.1) is 25.2 Å². The average Bonchev–Trinajstić information content (AvgIpc) is 2.82. The van der Waals surface area contributed by atoms with Gasteiger partial charge >= 0.3 is 0 Å². The molecule has 2 aromatic carbocycles. The first-order chi connectivity index (χ1) is 15.6. The molecule has 33 heavy (non-hydrogen) atoms. The average molecular weight is 498 g/mol. The van der Waals surface area contributed by atoms with E-state index in [9.17, 15) is 21.6 Å². The van der Waals surface area contributed by atoms with Crippen LogP contribution in [0.3, 0.4) is 0 Å². The van der Waals surface area contributed by atoms with Crippen LogP contribution in [0.25, 0.3) is 0 Å². The molecule has 2 N–H and O–H groups in total. The number of hydrogen-bond donors (Lipinski definition) is 2. The summed E-state index contributed by atoms with van der Waals surface area (Å²) >= 11 is 0. The topological polar surface area (TPSA) is 131 Å². The number of nitrogens with zero attached hydrogens (tertiary/aromatic N) is 1. The Kier molecular flexibility index (Phi) is 8.08. The molecule has 0 unspecified atom stereocenters. The monoisotopic (exact) mass is 497 g/mol. The maximum Gasteiger partial charge on any atom is 0.251 e. The normalized spacial score (nSPS) is 15.2. The van der Waals surface area contributed by atoms with Gasteiger partial charge in [-0.3, -0.25) is 4.79 Å². The predicted molar refractivity (Wildman–Crippen MR) is 121 cm³/mol. The molecular weight excluding hydrogens is 470 g/mol. The van der Waals surface area contributed by atoms with Crippen molar-refractivity contribution >= 4 is 26.0 Å². The third-order valence-corrected chi connectivity index (χ3v) is 8.44. The number of nitrogens with one attached hydrogen (secondary N) is 2. The van der Waals surface area contributed by atoms with Crippen LogP contribution in [0.2, 0.25) is 0 Å². The fourth-order valence-corrected chi connectivity index (χ4v) is 5.83. The minimum absolute atomic E-state index is 0.0154. The maximum absolute atomic E-state index is 13.1. The van der Waals surface area contributed by atoms with Crippen molar-refractivity contribution in [1.29, 1.82) is 0 Å². The summed E-state index contributed by atoms with van der Waals surface area (Å²) in [7, 11) is -6.23. The van der Waals surface area contributed by atoms with Crippen LogP contribution >= 0.6 is 0 Å². The summed E-state index contributed by atoms with van der Waals surface area (Å²) in [6.45, 7) is 2.85. The number of aryl methyl sites for hydroxylation is 1. The number of hydrogen-bond acceptors (Lipinski definition) is 7. The zero-order valence-electron chi connectivity index (χ0n) is 18.4. The molecule has 1 amide bonds. The number of benzene rings is 2. The molecule has 0 spiro atoms. The standard InChI is InChI=1S/C21H27N3O7S2/c1-16-3-6-18(7-4-16)32(26,27)23-10-9-22-21(25)17-5-8-19(30-2)20(15-17)33(28,29)24-11-13-31-14-12-24/h3-8,15,23H,9-14H2,1-2H3,(H,22,25). The van der Waals surface area contributed by atoms with Gasteiger partial charge in [0, 0.05) is 31.7 Å². The second-order valence-corrected chi connectivity index (χ2v) is 11.0. The summed E-state index contributed by atoms with van der Waals surface area (Å²) in [6, 6.07) is 10.5. The predicted octanol–water partition coefficient (Wildman–Crippen LogP) is 0.733.